The fourth-order valence-electron chi connectivity index (χ4n) is 6.12. The number of nitrogens with one attached hydrogen (secondary N) is 1. The second-order valence-electron chi connectivity index (χ2n) is 8.64. The van der Waals surface area contributed by atoms with Gasteiger partial charge < -0.3 is 10.1 Å². The lowest BCUT2D eigenvalue weighted by atomic mass is 9.59. The van der Waals surface area contributed by atoms with Gasteiger partial charge in [-0.25, -0.2) is 0 Å². The van der Waals surface area contributed by atoms with Gasteiger partial charge in [-0.1, -0.05) is 39.0 Å². The third-order valence-electron chi connectivity index (χ3n) is 7.34. The SMILES string of the molecule is CC[C@H]1OCCC23C[C@@H](C[C@H]12)C(C)(C)[C@H]3NC(=O)c1ccccc1. The average Bonchev–Trinajstić information content (AvgIpc) is 3.08. The molecule has 4 rings (SSSR count). The van der Waals surface area contributed by atoms with Crippen molar-refractivity contribution in [3.8, 4) is 0 Å². The highest BCUT2D eigenvalue weighted by Crippen LogP contribution is 2.68. The molecule has 2 aliphatic carbocycles. The van der Waals surface area contributed by atoms with Crippen LogP contribution in [0.25, 0.3) is 0 Å². The third-order valence-corrected chi connectivity index (χ3v) is 7.34. The van der Waals surface area contributed by atoms with Crippen LogP contribution in [0.4, 0.5) is 0 Å². The zero-order valence-electron chi connectivity index (χ0n) is 15.0. The fourth-order valence-corrected chi connectivity index (χ4v) is 6.12. The van der Waals surface area contributed by atoms with Gasteiger partial charge in [0, 0.05) is 18.2 Å². The van der Waals surface area contributed by atoms with Gasteiger partial charge in [0.1, 0.15) is 0 Å². The van der Waals surface area contributed by atoms with Crippen LogP contribution in [0.1, 0.15) is 56.8 Å². The summed E-state index contributed by atoms with van der Waals surface area (Å²) in [6.07, 6.45) is 5.07. The highest BCUT2D eigenvalue weighted by Gasteiger charge is 2.68. The Bertz CT molecular complexity index is 626. The fraction of sp³-hybridized carbons (Fsp3) is 0.667. The van der Waals surface area contributed by atoms with Gasteiger partial charge in [0.15, 0.2) is 0 Å². The van der Waals surface area contributed by atoms with E-state index in [-0.39, 0.29) is 22.8 Å². The summed E-state index contributed by atoms with van der Waals surface area (Å²) < 4.78 is 6.08. The lowest BCUT2D eigenvalue weighted by Gasteiger charge is -2.53. The van der Waals surface area contributed by atoms with Crippen LogP contribution in [0.5, 0.6) is 0 Å². The van der Waals surface area contributed by atoms with Crippen LogP contribution < -0.4 is 5.32 Å². The van der Waals surface area contributed by atoms with Crippen molar-refractivity contribution in [2.24, 2.45) is 22.7 Å². The van der Waals surface area contributed by atoms with Gasteiger partial charge in [0.25, 0.3) is 5.91 Å². The van der Waals surface area contributed by atoms with Crippen molar-refractivity contribution in [3.63, 3.8) is 0 Å². The maximum Gasteiger partial charge on any atom is 0.251 e. The average molecular weight is 327 g/mol. The van der Waals surface area contributed by atoms with Gasteiger partial charge >= 0.3 is 0 Å². The van der Waals surface area contributed by atoms with Crippen molar-refractivity contribution in [1.82, 2.24) is 5.32 Å². The van der Waals surface area contributed by atoms with Crippen molar-refractivity contribution in [2.75, 3.05) is 6.61 Å². The molecule has 130 valence electrons. The van der Waals surface area contributed by atoms with Crippen molar-refractivity contribution in [3.05, 3.63) is 35.9 Å². The summed E-state index contributed by atoms with van der Waals surface area (Å²) in [5.74, 6) is 1.38. The van der Waals surface area contributed by atoms with E-state index in [2.05, 4.69) is 26.1 Å². The van der Waals surface area contributed by atoms with Crippen molar-refractivity contribution < 1.29 is 9.53 Å². The number of rotatable bonds is 3. The zero-order valence-corrected chi connectivity index (χ0v) is 15.0. The lowest BCUT2D eigenvalue weighted by Crippen LogP contribution is -2.60. The van der Waals surface area contributed by atoms with Crippen LogP contribution in [-0.2, 0) is 4.74 Å². The Kier molecular flexibility index (Phi) is 3.76. The second-order valence-corrected chi connectivity index (χ2v) is 8.64. The Morgan fingerprint density at radius 1 is 1.29 bits per heavy atom. The van der Waals surface area contributed by atoms with E-state index in [1.54, 1.807) is 0 Å². The molecule has 1 spiro atoms. The number of benzene rings is 1. The minimum atomic E-state index is 0.0777. The maximum absolute atomic E-state index is 12.8. The van der Waals surface area contributed by atoms with Crippen LogP contribution in [0.2, 0.25) is 0 Å². The van der Waals surface area contributed by atoms with E-state index in [1.807, 2.05) is 30.3 Å². The number of hydrogen-bond acceptors (Lipinski definition) is 2. The van der Waals surface area contributed by atoms with E-state index in [0.29, 0.717) is 17.9 Å². The van der Waals surface area contributed by atoms with Crippen molar-refractivity contribution in [1.29, 1.82) is 0 Å². The van der Waals surface area contributed by atoms with Crippen LogP contribution in [-0.4, -0.2) is 24.7 Å². The molecule has 3 nitrogen and oxygen atoms in total. The summed E-state index contributed by atoms with van der Waals surface area (Å²) in [6, 6.07) is 9.89. The second kappa shape index (κ2) is 5.59. The number of ether oxygens (including phenoxy) is 1. The Balaban J connectivity index is 1.64. The van der Waals surface area contributed by atoms with Crippen molar-refractivity contribution in [2.45, 2.75) is 58.6 Å². The van der Waals surface area contributed by atoms with E-state index >= 15 is 0 Å². The lowest BCUT2D eigenvalue weighted by molar-refractivity contribution is -0.118. The predicted octanol–water partition coefficient (Wildman–Crippen LogP) is 4.04. The summed E-state index contributed by atoms with van der Waals surface area (Å²) >= 11 is 0. The van der Waals surface area contributed by atoms with Crippen LogP contribution in [0.15, 0.2) is 30.3 Å². The molecule has 3 heteroatoms. The molecule has 1 unspecified atom stereocenters. The Morgan fingerprint density at radius 2 is 2.04 bits per heavy atom. The molecule has 24 heavy (non-hydrogen) atoms. The molecule has 1 N–H and O–H groups in total. The molecule has 1 saturated heterocycles. The number of hydrogen-bond donors (Lipinski definition) is 1. The summed E-state index contributed by atoms with van der Waals surface area (Å²) in [5.41, 5.74) is 1.16. The van der Waals surface area contributed by atoms with Gasteiger partial charge in [-0.15, -0.1) is 0 Å². The molecule has 0 aromatic heterocycles. The van der Waals surface area contributed by atoms with Gasteiger partial charge in [0.05, 0.1) is 6.10 Å². The van der Waals surface area contributed by atoms with Gasteiger partial charge in [-0.3, -0.25) is 4.79 Å². The number of fused-ring (bicyclic) bond motifs is 1. The zero-order chi connectivity index (χ0) is 16.9. The molecule has 0 radical (unpaired) electrons. The van der Waals surface area contributed by atoms with E-state index in [1.165, 1.54) is 12.8 Å². The first-order valence-corrected chi connectivity index (χ1v) is 9.46. The molecule has 1 heterocycles. The van der Waals surface area contributed by atoms with Gasteiger partial charge in [0.2, 0.25) is 0 Å². The van der Waals surface area contributed by atoms with Gasteiger partial charge in [-0.05, 0) is 60.5 Å². The highest BCUT2D eigenvalue weighted by molar-refractivity contribution is 5.94. The molecule has 1 aromatic rings. The Labute approximate surface area is 145 Å². The topological polar surface area (TPSA) is 38.3 Å². The molecular weight excluding hydrogens is 298 g/mol. The molecule has 3 fully saturated rings. The quantitative estimate of drug-likeness (QED) is 0.910. The number of carbonyl (C=O) groups is 1. The highest BCUT2D eigenvalue weighted by atomic mass is 16.5. The molecule has 3 aliphatic rings. The minimum absolute atomic E-state index is 0.0777. The van der Waals surface area contributed by atoms with Crippen LogP contribution in [0, 0.1) is 22.7 Å². The van der Waals surface area contributed by atoms with Gasteiger partial charge in [-0.2, -0.15) is 0 Å². The molecule has 5 atom stereocenters. The predicted molar refractivity (Wildman–Crippen MR) is 94.8 cm³/mol. The summed E-state index contributed by atoms with van der Waals surface area (Å²) in [5, 5.41) is 3.46. The number of carbonyl (C=O) groups excluding carboxylic acids is 1. The monoisotopic (exact) mass is 327 g/mol. The molecule has 2 saturated carbocycles. The summed E-state index contributed by atoms with van der Waals surface area (Å²) in [4.78, 5) is 12.8. The normalized spacial score (nSPS) is 39.5. The smallest absolute Gasteiger partial charge is 0.251 e. The molecule has 2 bridgehead atoms. The van der Waals surface area contributed by atoms with E-state index < -0.39 is 0 Å². The summed E-state index contributed by atoms with van der Waals surface area (Å²) in [6.45, 7) is 7.79. The van der Waals surface area contributed by atoms with Crippen LogP contribution >= 0.6 is 0 Å². The minimum Gasteiger partial charge on any atom is -0.378 e. The Morgan fingerprint density at radius 3 is 2.75 bits per heavy atom. The molecule has 1 aliphatic heterocycles. The molecular formula is C21H29NO2. The first-order valence-electron chi connectivity index (χ1n) is 9.46. The summed E-state index contributed by atoms with van der Waals surface area (Å²) in [7, 11) is 0. The van der Waals surface area contributed by atoms with E-state index in [4.69, 9.17) is 4.74 Å². The largest absolute Gasteiger partial charge is 0.378 e. The van der Waals surface area contributed by atoms with Crippen LogP contribution in [0.3, 0.4) is 0 Å². The Hall–Kier alpha value is -1.35. The third kappa shape index (κ3) is 2.17. The molecule has 1 amide bonds. The first kappa shape index (κ1) is 16.1. The maximum atomic E-state index is 12.8. The first-order chi connectivity index (χ1) is 11.5. The van der Waals surface area contributed by atoms with E-state index in [9.17, 15) is 4.79 Å². The number of amides is 1. The van der Waals surface area contributed by atoms with E-state index in [0.717, 1.165) is 25.0 Å². The molecule has 1 aromatic carbocycles. The van der Waals surface area contributed by atoms with Crippen molar-refractivity contribution >= 4 is 5.91 Å². The standard InChI is InChI=1S/C21H29NO2/c1-4-17-16-12-15-13-21(16,10-11-24-17)19(20(15,2)3)22-18(23)14-8-6-5-7-9-14/h5-9,15-17,19H,4,10-13H2,1-3H3,(H,22,23)/t15-,16-,17-,19-,21?/m1/s1.